The molecule has 0 radical (unpaired) electrons. The molecule has 42 heavy (non-hydrogen) atoms. The smallest absolute Gasteiger partial charge is 0.315 e. The Kier molecular flexibility index (Phi) is 13.1. The summed E-state index contributed by atoms with van der Waals surface area (Å²) in [6.45, 7) is 6.77. The number of nitrogens with two attached hydrogens (primary N) is 1. The Morgan fingerprint density at radius 2 is 1.45 bits per heavy atom. The number of amides is 5. The van der Waals surface area contributed by atoms with Crippen molar-refractivity contribution in [2.24, 2.45) is 17.6 Å². The number of Topliss-reactive ketones (excluding diaryl/α,β-unsaturated/α-hetero) is 1. The molecule has 4 aliphatic rings. The summed E-state index contributed by atoms with van der Waals surface area (Å²) in [6.07, 6.45) is 15.6. The van der Waals surface area contributed by atoms with Crippen molar-refractivity contribution in [1.29, 1.82) is 0 Å². The summed E-state index contributed by atoms with van der Waals surface area (Å²) in [5.41, 5.74) is 5.01. The molecule has 10 heteroatoms. The predicted molar refractivity (Wildman–Crippen MR) is 162 cm³/mol. The zero-order valence-corrected chi connectivity index (χ0v) is 26.2. The van der Waals surface area contributed by atoms with Crippen LogP contribution in [-0.2, 0) is 19.2 Å². The standard InChI is InChI=1S/C29H47N5O5.C3H8/c1-2-29(15-7-4-8-16-29)33-28(39)32-23(20-10-5-3-6-11-20)27(38)34-17-9-12-22(34)26(37)31-21(18-19-13-14-19)24(35)25(30)36;1-3-2/h19-23H,2-18H2,1H3,(H2,30,36)(H,31,37)(H2,32,33,39);3H2,1-2H3. The molecule has 1 aliphatic heterocycles. The van der Waals surface area contributed by atoms with Gasteiger partial charge in [-0.15, -0.1) is 0 Å². The summed E-state index contributed by atoms with van der Waals surface area (Å²) in [5.74, 6) is -2.20. The van der Waals surface area contributed by atoms with Gasteiger partial charge in [0.25, 0.3) is 5.91 Å². The lowest BCUT2D eigenvalue weighted by Crippen LogP contribution is -2.61. The van der Waals surface area contributed by atoms with Crippen LogP contribution in [0.25, 0.3) is 0 Å². The number of rotatable bonds is 11. The highest BCUT2D eigenvalue weighted by Gasteiger charge is 2.43. The van der Waals surface area contributed by atoms with E-state index in [1.54, 1.807) is 4.90 Å². The third-order valence-electron chi connectivity index (χ3n) is 9.52. The number of nitrogens with zero attached hydrogens (tertiary/aromatic N) is 1. The lowest BCUT2D eigenvalue weighted by atomic mass is 9.80. The first-order valence-corrected chi connectivity index (χ1v) is 16.7. The Hall–Kier alpha value is -2.65. The Labute approximate surface area is 252 Å². The SMILES string of the molecule is CCC.CCC1(NC(=O)NC(C(=O)N2CCCC2C(=O)NC(CC2CC2)C(=O)C(N)=O)C2CCCCC2)CCCCC1. The molecule has 1 heterocycles. The minimum atomic E-state index is -1.06. The van der Waals surface area contributed by atoms with Crippen LogP contribution in [0.15, 0.2) is 0 Å². The molecule has 4 fully saturated rings. The summed E-state index contributed by atoms with van der Waals surface area (Å²) in [7, 11) is 0. The van der Waals surface area contributed by atoms with Crippen LogP contribution < -0.4 is 21.7 Å². The van der Waals surface area contributed by atoms with E-state index in [9.17, 15) is 24.0 Å². The van der Waals surface area contributed by atoms with Gasteiger partial charge in [-0.25, -0.2) is 4.79 Å². The van der Waals surface area contributed by atoms with Crippen LogP contribution in [0.3, 0.4) is 0 Å². The van der Waals surface area contributed by atoms with Crippen LogP contribution in [-0.4, -0.2) is 64.6 Å². The number of urea groups is 1. The fourth-order valence-corrected chi connectivity index (χ4v) is 6.90. The first-order chi connectivity index (χ1) is 20.1. The minimum absolute atomic E-state index is 0.0179. The molecule has 0 spiro atoms. The number of hydrogen-bond acceptors (Lipinski definition) is 5. The monoisotopic (exact) mass is 589 g/mol. The molecule has 238 valence electrons. The molecule has 5 amide bonds. The number of hydrogen-bond donors (Lipinski definition) is 4. The van der Waals surface area contributed by atoms with Crippen LogP contribution >= 0.6 is 0 Å². The van der Waals surface area contributed by atoms with Gasteiger partial charge in [0.05, 0.1) is 6.04 Å². The maximum Gasteiger partial charge on any atom is 0.315 e. The second-order valence-electron chi connectivity index (χ2n) is 13.0. The van der Waals surface area contributed by atoms with Gasteiger partial charge < -0.3 is 26.6 Å². The van der Waals surface area contributed by atoms with E-state index < -0.39 is 35.7 Å². The lowest BCUT2D eigenvalue weighted by Gasteiger charge is -2.39. The molecule has 3 unspecified atom stereocenters. The van der Waals surface area contributed by atoms with E-state index in [1.807, 2.05) is 0 Å². The molecule has 3 atom stereocenters. The van der Waals surface area contributed by atoms with Crippen molar-refractivity contribution >= 4 is 29.5 Å². The summed E-state index contributed by atoms with van der Waals surface area (Å²) in [6, 6.07) is -2.71. The normalized spacial score (nSPS) is 23.5. The van der Waals surface area contributed by atoms with Crippen LogP contribution in [0.5, 0.6) is 0 Å². The quantitative estimate of drug-likeness (QED) is 0.268. The summed E-state index contributed by atoms with van der Waals surface area (Å²) >= 11 is 0. The fraction of sp³-hybridized carbons (Fsp3) is 0.844. The zero-order chi connectivity index (χ0) is 30.7. The molecule has 0 aromatic carbocycles. The Morgan fingerprint density at radius 1 is 0.833 bits per heavy atom. The Bertz CT molecular complexity index is 940. The fourth-order valence-electron chi connectivity index (χ4n) is 6.90. The largest absolute Gasteiger partial charge is 0.363 e. The number of primary amides is 1. The van der Waals surface area contributed by atoms with Crippen LogP contribution in [0.4, 0.5) is 4.79 Å². The number of ketones is 1. The molecule has 10 nitrogen and oxygen atoms in total. The lowest BCUT2D eigenvalue weighted by molar-refractivity contribution is -0.143. The third kappa shape index (κ3) is 9.43. The number of carbonyl (C=O) groups is 5. The highest BCUT2D eigenvalue weighted by molar-refractivity contribution is 6.37. The van der Waals surface area contributed by atoms with E-state index in [0.717, 1.165) is 77.0 Å². The maximum absolute atomic E-state index is 14.0. The molecular weight excluding hydrogens is 534 g/mol. The second kappa shape index (κ2) is 16.3. The Morgan fingerprint density at radius 3 is 2.02 bits per heavy atom. The molecule has 5 N–H and O–H groups in total. The molecule has 4 rings (SSSR count). The first-order valence-electron chi connectivity index (χ1n) is 16.7. The zero-order valence-electron chi connectivity index (χ0n) is 26.2. The molecule has 0 aromatic rings. The van der Waals surface area contributed by atoms with Crippen molar-refractivity contribution in [3.8, 4) is 0 Å². The van der Waals surface area contributed by atoms with E-state index in [1.165, 1.54) is 12.8 Å². The highest BCUT2D eigenvalue weighted by atomic mass is 16.2. The molecule has 3 saturated carbocycles. The van der Waals surface area contributed by atoms with Crippen molar-refractivity contribution in [3.63, 3.8) is 0 Å². The summed E-state index contributed by atoms with van der Waals surface area (Å²) < 4.78 is 0. The molecule has 1 saturated heterocycles. The van der Waals surface area contributed by atoms with E-state index in [2.05, 4.69) is 36.7 Å². The van der Waals surface area contributed by atoms with Crippen molar-refractivity contribution in [1.82, 2.24) is 20.9 Å². The predicted octanol–water partition coefficient (Wildman–Crippen LogP) is 4.09. The van der Waals surface area contributed by atoms with Gasteiger partial charge in [0.15, 0.2) is 0 Å². The van der Waals surface area contributed by atoms with Gasteiger partial charge in [-0.3, -0.25) is 19.2 Å². The number of nitrogens with one attached hydrogen (secondary N) is 3. The number of likely N-dealkylation sites (tertiary alicyclic amines) is 1. The summed E-state index contributed by atoms with van der Waals surface area (Å²) in [5, 5.41) is 9.01. The van der Waals surface area contributed by atoms with Gasteiger partial charge in [-0.2, -0.15) is 0 Å². The van der Waals surface area contributed by atoms with Crippen LogP contribution in [0, 0.1) is 11.8 Å². The third-order valence-corrected chi connectivity index (χ3v) is 9.52. The van der Waals surface area contributed by atoms with E-state index in [-0.39, 0.29) is 23.4 Å². The van der Waals surface area contributed by atoms with Crippen LogP contribution in [0.1, 0.15) is 130 Å². The average molecular weight is 590 g/mol. The molecule has 0 bridgehead atoms. The first kappa shape index (κ1) is 33.8. The average Bonchev–Trinajstić information content (AvgIpc) is 3.67. The van der Waals surface area contributed by atoms with Gasteiger partial charge >= 0.3 is 6.03 Å². The number of carbonyl (C=O) groups excluding carboxylic acids is 5. The maximum atomic E-state index is 14.0. The molecular formula is C32H55N5O5. The van der Waals surface area contributed by atoms with Crippen LogP contribution in [0.2, 0.25) is 0 Å². The second-order valence-corrected chi connectivity index (χ2v) is 13.0. The van der Waals surface area contributed by atoms with Crippen molar-refractivity contribution in [3.05, 3.63) is 0 Å². The van der Waals surface area contributed by atoms with Gasteiger partial charge in [-0.1, -0.05) is 78.6 Å². The van der Waals surface area contributed by atoms with E-state index >= 15 is 0 Å². The summed E-state index contributed by atoms with van der Waals surface area (Å²) in [4.78, 5) is 66.2. The topological polar surface area (TPSA) is 151 Å². The van der Waals surface area contributed by atoms with Crippen molar-refractivity contribution in [2.75, 3.05) is 6.54 Å². The van der Waals surface area contributed by atoms with E-state index in [4.69, 9.17) is 5.73 Å². The van der Waals surface area contributed by atoms with E-state index in [0.29, 0.717) is 31.7 Å². The van der Waals surface area contributed by atoms with Gasteiger partial charge in [0, 0.05) is 12.1 Å². The molecule has 0 aromatic heterocycles. The van der Waals surface area contributed by atoms with Gasteiger partial charge in [-0.05, 0) is 63.2 Å². The van der Waals surface area contributed by atoms with Crippen molar-refractivity contribution in [2.45, 2.75) is 154 Å². The minimum Gasteiger partial charge on any atom is -0.363 e. The highest BCUT2D eigenvalue weighted by Crippen LogP contribution is 2.34. The molecule has 3 aliphatic carbocycles. The van der Waals surface area contributed by atoms with Crippen molar-refractivity contribution < 1.29 is 24.0 Å². The Balaban J connectivity index is 0.00000155. The van der Waals surface area contributed by atoms with Gasteiger partial charge in [0.2, 0.25) is 17.6 Å². The van der Waals surface area contributed by atoms with Gasteiger partial charge in [0.1, 0.15) is 12.1 Å².